The molecular formula is C18H26N6. The lowest BCUT2D eigenvalue weighted by atomic mass is 10.1. The topological polar surface area (TPSA) is 40.4 Å². The van der Waals surface area contributed by atoms with Crippen molar-refractivity contribution in [3.63, 3.8) is 0 Å². The number of rotatable bonds is 5. The normalized spacial score (nSPS) is 20.3. The second-order valence-electron chi connectivity index (χ2n) is 6.91. The van der Waals surface area contributed by atoms with Gasteiger partial charge in [-0.1, -0.05) is 6.07 Å². The van der Waals surface area contributed by atoms with Crippen LogP contribution in [0.5, 0.6) is 0 Å². The van der Waals surface area contributed by atoms with Crippen molar-refractivity contribution in [2.75, 3.05) is 50.7 Å². The van der Waals surface area contributed by atoms with Gasteiger partial charge in [0.15, 0.2) is 0 Å². The van der Waals surface area contributed by atoms with Crippen LogP contribution < -0.4 is 4.90 Å². The molecule has 0 radical (unpaired) electrons. The molecule has 0 aromatic carbocycles. The van der Waals surface area contributed by atoms with E-state index in [1.807, 2.05) is 23.1 Å². The van der Waals surface area contributed by atoms with E-state index in [1.165, 1.54) is 18.7 Å². The monoisotopic (exact) mass is 326 g/mol. The van der Waals surface area contributed by atoms with Crippen molar-refractivity contribution in [2.45, 2.75) is 19.5 Å². The third-order valence-electron chi connectivity index (χ3n) is 5.15. The van der Waals surface area contributed by atoms with E-state index in [0.29, 0.717) is 0 Å². The molecule has 2 aromatic heterocycles. The summed E-state index contributed by atoms with van der Waals surface area (Å²) in [7, 11) is 0. The Hall–Kier alpha value is -1.92. The lowest BCUT2D eigenvalue weighted by molar-refractivity contribution is 0.0282. The fourth-order valence-electron chi connectivity index (χ4n) is 3.65. The summed E-state index contributed by atoms with van der Waals surface area (Å²) in [6, 6.07) is 6.89. The molecule has 2 aliphatic heterocycles. The molecule has 2 aromatic rings. The summed E-state index contributed by atoms with van der Waals surface area (Å²) >= 11 is 0. The predicted octanol–water partition coefficient (Wildman–Crippen LogP) is 1.09. The van der Waals surface area contributed by atoms with E-state index < -0.39 is 0 Å². The summed E-state index contributed by atoms with van der Waals surface area (Å²) in [5.74, 6) is 1.11. The van der Waals surface area contributed by atoms with Gasteiger partial charge in [-0.2, -0.15) is 5.10 Å². The summed E-state index contributed by atoms with van der Waals surface area (Å²) in [6.45, 7) is 11.0. The SMILES string of the molecule is Cc1cnn(CCN2CC(N3CCN(c4ccccn4)CC3)C2)c1. The van der Waals surface area contributed by atoms with Gasteiger partial charge in [-0.05, 0) is 24.6 Å². The van der Waals surface area contributed by atoms with Gasteiger partial charge < -0.3 is 4.90 Å². The Morgan fingerprint density at radius 1 is 1.08 bits per heavy atom. The fraction of sp³-hybridized carbons (Fsp3) is 0.556. The average Bonchev–Trinajstić information content (AvgIpc) is 3.00. The molecule has 0 aliphatic carbocycles. The first kappa shape index (κ1) is 15.6. The molecule has 2 saturated heterocycles. The Morgan fingerprint density at radius 2 is 1.92 bits per heavy atom. The molecule has 6 heteroatoms. The van der Waals surface area contributed by atoms with Crippen LogP contribution in [0.1, 0.15) is 5.56 Å². The molecule has 128 valence electrons. The molecule has 4 heterocycles. The number of hydrogen-bond acceptors (Lipinski definition) is 5. The first-order valence-corrected chi connectivity index (χ1v) is 8.89. The zero-order valence-electron chi connectivity index (χ0n) is 14.4. The molecular weight excluding hydrogens is 300 g/mol. The second-order valence-corrected chi connectivity index (χ2v) is 6.91. The van der Waals surface area contributed by atoms with Crippen molar-refractivity contribution >= 4 is 5.82 Å². The largest absolute Gasteiger partial charge is 0.354 e. The number of aryl methyl sites for hydroxylation is 1. The Kier molecular flexibility index (Phi) is 4.49. The van der Waals surface area contributed by atoms with Gasteiger partial charge in [-0.25, -0.2) is 4.98 Å². The first-order valence-electron chi connectivity index (χ1n) is 8.89. The van der Waals surface area contributed by atoms with Crippen LogP contribution in [0.3, 0.4) is 0 Å². The van der Waals surface area contributed by atoms with Crippen LogP contribution in [0.15, 0.2) is 36.8 Å². The van der Waals surface area contributed by atoms with Crippen LogP contribution >= 0.6 is 0 Å². The van der Waals surface area contributed by atoms with Crippen molar-refractivity contribution in [3.8, 4) is 0 Å². The van der Waals surface area contributed by atoms with Crippen LogP contribution in [-0.2, 0) is 6.54 Å². The smallest absolute Gasteiger partial charge is 0.128 e. The third kappa shape index (κ3) is 3.44. The van der Waals surface area contributed by atoms with Crippen LogP contribution in [0.4, 0.5) is 5.82 Å². The Labute approximate surface area is 143 Å². The van der Waals surface area contributed by atoms with Gasteiger partial charge in [0.05, 0.1) is 12.7 Å². The highest BCUT2D eigenvalue weighted by molar-refractivity contribution is 5.38. The maximum atomic E-state index is 4.46. The molecule has 0 amide bonds. The zero-order valence-corrected chi connectivity index (χ0v) is 14.4. The molecule has 0 spiro atoms. The third-order valence-corrected chi connectivity index (χ3v) is 5.15. The Bertz CT molecular complexity index is 641. The Balaban J connectivity index is 1.18. The van der Waals surface area contributed by atoms with Crippen molar-refractivity contribution in [1.82, 2.24) is 24.6 Å². The Morgan fingerprint density at radius 3 is 2.58 bits per heavy atom. The minimum Gasteiger partial charge on any atom is -0.354 e. The summed E-state index contributed by atoms with van der Waals surface area (Å²) in [4.78, 5) is 12.0. The molecule has 4 rings (SSSR count). The van der Waals surface area contributed by atoms with Crippen LogP contribution in [0.2, 0.25) is 0 Å². The van der Waals surface area contributed by atoms with Gasteiger partial charge in [0.2, 0.25) is 0 Å². The van der Waals surface area contributed by atoms with Gasteiger partial charge in [0, 0.05) is 64.2 Å². The highest BCUT2D eigenvalue weighted by atomic mass is 15.4. The molecule has 0 bridgehead atoms. The predicted molar refractivity (Wildman–Crippen MR) is 95.2 cm³/mol. The maximum absolute atomic E-state index is 4.46. The summed E-state index contributed by atoms with van der Waals surface area (Å²) < 4.78 is 2.05. The summed E-state index contributed by atoms with van der Waals surface area (Å²) in [5.41, 5.74) is 1.24. The number of likely N-dealkylation sites (tertiary alicyclic amines) is 1. The minimum atomic E-state index is 0.732. The summed E-state index contributed by atoms with van der Waals surface area (Å²) in [5, 5.41) is 4.36. The van der Waals surface area contributed by atoms with Crippen LogP contribution in [-0.4, -0.2) is 76.4 Å². The average molecular weight is 326 g/mol. The van der Waals surface area contributed by atoms with Gasteiger partial charge in [-0.3, -0.25) is 14.5 Å². The van der Waals surface area contributed by atoms with Crippen molar-refractivity contribution in [2.24, 2.45) is 0 Å². The standard InChI is InChI=1S/C18H26N6/c1-16-12-20-24(13-16)11-6-21-14-17(15-21)22-7-9-23(10-8-22)18-4-2-3-5-19-18/h2-5,12-13,17H,6-11,14-15H2,1H3. The van der Waals surface area contributed by atoms with Gasteiger partial charge >= 0.3 is 0 Å². The van der Waals surface area contributed by atoms with Crippen LogP contribution in [0, 0.1) is 6.92 Å². The highest BCUT2D eigenvalue weighted by Crippen LogP contribution is 2.19. The molecule has 0 N–H and O–H groups in total. The molecule has 2 aliphatic rings. The van der Waals surface area contributed by atoms with E-state index in [1.54, 1.807) is 0 Å². The molecule has 0 unspecified atom stereocenters. The van der Waals surface area contributed by atoms with Gasteiger partial charge in [0.1, 0.15) is 5.82 Å². The van der Waals surface area contributed by atoms with Gasteiger partial charge in [0.25, 0.3) is 0 Å². The van der Waals surface area contributed by atoms with Crippen molar-refractivity contribution in [3.05, 3.63) is 42.4 Å². The molecule has 2 fully saturated rings. The van der Waals surface area contributed by atoms with E-state index in [9.17, 15) is 0 Å². The van der Waals surface area contributed by atoms with E-state index in [0.717, 1.165) is 51.1 Å². The lowest BCUT2D eigenvalue weighted by Gasteiger charge is -2.48. The molecule has 0 saturated carbocycles. The number of nitrogens with zero attached hydrogens (tertiary/aromatic N) is 6. The van der Waals surface area contributed by atoms with Crippen LogP contribution in [0.25, 0.3) is 0 Å². The fourth-order valence-corrected chi connectivity index (χ4v) is 3.65. The number of anilines is 1. The quantitative estimate of drug-likeness (QED) is 0.823. The number of hydrogen-bond donors (Lipinski definition) is 0. The molecule has 6 nitrogen and oxygen atoms in total. The highest BCUT2D eigenvalue weighted by Gasteiger charge is 2.33. The van der Waals surface area contributed by atoms with E-state index in [4.69, 9.17) is 0 Å². The van der Waals surface area contributed by atoms with Crippen molar-refractivity contribution in [1.29, 1.82) is 0 Å². The lowest BCUT2D eigenvalue weighted by Crippen LogP contribution is -2.63. The number of pyridine rings is 1. The maximum Gasteiger partial charge on any atom is 0.128 e. The molecule has 0 atom stereocenters. The first-order chi connectivity index (χ1) is 11.8. The minimum absolute atomic E-state index is 0.732. The zero-order chi connectivity index (χ0) is 16.4. The van der Waals surface area contributed by atoms with Crippen molar-refractivity contribution < 1.29 is 0 Å². The number of piperazine rings is 1. The van der Waals surface area contributed by atoms with Gasteiger partial charge in [-0.15, -0.1) is 0 Å². The van der Waals surface area contributed by atoms with E-state index in [2.05, 4.69) is 50.0 Å². The summed E-state index contributed by atoms with van der Waals surface area (Å²) in [6.07, 6.45) is 5.93. The molecule has 24 heavy (non-hydrogen) atoms. The number of aromatic nitrogens is 3. The van der Waals surface area contributed by atoms with E-state index >= 15 is 0 Å². The van der Waals surface area contributed by atoms with E-state index in [-0.39, 0.29) is 0 Å². The second kappa shape index (κ2) is 6.91.